The van der Waals surface area contributed by atoms with Gasteiger partial charge < -0.3 is 4.90 Å². The monoisotopic (exact) mass is 344 g/mol. The normalized spacial score (nSPS) is 11.4. The molecule has 0 saturated heterocycles. The van der Waals surface area contributed by atoms with Crippen molar-refractivity contribution < 1.29 is 4.79 Å². The second-order valence-corrected chi connectivity index (χ2v) is 6.97. The summed E-state index contributed by atoms with van der Waals surface area (Å²) < 4.78 is 1.68. The molecule has 8 heteroatoms. The van der Waals surface area contributed by atoms with Gasteiger partial charge in [-0.1, -0.05) is 13.8 Å². The molecular formula is C16H20N6OS. The van der Waals surface area contributed by atoms with Crippen molar-refractivity contribution in [3.8, 4) is 0 Å². The van der Waals surface area contributed by atoms with E-state index >= 15 is 0 Å². The standard InChI is InChI=1S/C16H20N6OS/c1-10(2)13-7-12(20-16-17-8-19-22(13)16)15(23)21(4)6-5-14-11(3)18-9-24-14/h7-10H,5-6H2,1-4H3. The minimum Gasteiger partial charge on any atom is -0.340 e. The summed E-state index contributed by atoms with van der Waals surface area (Å²) in [7, 11) is 1.80. The summed E-state index contributed by atoms with van der Waals surface area (Å²) in [4.78, 5) is 28.3. The predicted molar refractivity (Wildman–Crippen MR) is 92.4 cm³/mol. The molecule has 0 aliphatic carbocycles. The van der Waals surface area contributed by atoms with Crippen LogP contribution in [0.5, 0.6) is 0 Å². The van der Waals surface area contributed by atoms with Crippen LogP contribution >= 0.6 is 11.3 Å². The fourth-order valence-corrected chi connectivity index (χ4v) is 3.26. The van der Waals surface area contributed by atoms with Crippen LogP contribution in [0, 0.1) is 6.92 Å². The molecule has 0 aliphatic heterocycles. The zero-order valence-corrected chi connectivity index (χ0v) is 15.0. The van der Waals surface area contributed by atoms with Crippen LogP contribution < -0.4 is 0 Å². The van der Waals surface area contributed by atoms with Gasteiger partial charge >= 0.3 is 0 Å². The van der Waals surface area contributed by atoms with Crippen LogP contribution in [0.3, 0.4) is 0 Å². The largest absolute Gasteiger partial charge is 0.340 e. The fraction of sp³-hybridized carbons (Fsp3) is 0.438. The van der Waals surface area contributed by atoms with Crippen molar-refractivity contribution in [1.29, 1.82) is 0 Å². The lowest BCUT2D eigenvalue weighted by Crippen LogP contribution is -2.30. The molecule has 3 aromatic rings. The first-order valence-electron chi connectivity index (χ1n) is 7.82. The van der Waals surface area contributed by atoms with E-state index in [1.807, 2.05) is 18.5 Å². The number of nitrogens with zero attached hydrogens (tertiary/aromatic N) is 6. The van der Waals surface area contributed by atoms with Crippen molar-refractivity contribution in [2.75, 3.05) is 13.6 Å². The third-order valence-electron chi connectivity index (χ3n) is 3.96. The van der Waals surface area contributed by atoms with Gasteiger partial charge in [-0.2, -0.15) is 10.1 Å². The molecule has 3 heterocycles. The molecule has 126 valence electrons. The van der Waals surface area contributed by atoms with E-state index in [1.165, 1.54) is 11.2 Å². The van der Waals surface area contributed by atoms with Gasteiger partial charge in [0, 0.05) is 24.9 Å². The van der Waals surface area contributed by atoms with E-state index < -0.39 is 0 Å². The Hall–Kier alpha value is -2.35. The zero-order chi connectivity index (χ0) is 17.3. The molecule has 0 aromatic carbocycles. The second-order valence-electron chi connectivity index (χ2n) is 6.03. The molecule has 0 bridgehead atoms. The van der Waals surface area contributed by atoms with Gasteiger partial charge in [0.15, 0.2) is 0 Å². The molecule has 0 aliphatic rings. The fourth-order valence-electron chi connectivity index (χ4n) is 2.49. The molecule has 0 atom stereocenters. The van der Waals surface area contributed by atoms with Gasteiger partial charge in [0.2, 0.25) is 0 Å². The third-order valence-corrected chi connectivity index (χ3v) is 4.95. The van der Waals surface area contributed by atoms with Gasteiger partial charge in [0.05, 0.1) is 16.9 Å². The summed E-state index contributed by atoms with van der Waals surface area (Å²) in [6, 6.07) is 1.81. The Bertz CT molecular complexity index is 868. The number of aromatic nitrogens is 5. The first-order valence-corrected chi connectivity index (χ1v) is 8.70. The highest BCUT2D eigenvalue weighted by Crippen LogP contribution is 2.17. The number of carbonyl (C=O) groups is 1. The van der Waals surface area contributed by atoms with Crippen LogP contribution in [-0.4, -0.2) is 49.0 Å². The van der Waals surface area contributed by atoms with Crippen molar-refractivity contribution >= 4 is 23.0 Å². The molecule has 0 saturated carbocycles. The number of fused-ring (bicyclic) bond motifs is 1. The van der Waals surface area contributed by atoms with Crippen LogP contribution in [0.1, 0.15) is 46.5 Å². The number of amides is 1. The third kappa shape index (κ3) is 3.14. The summed E-state index contributed by atoms with van der Waals surface area (Å²) >= 11 is 1.62. The lowest BCUT2D eigenvalue weighted by Gasteiger charge is -2.17. The number of hydrogen-bond acceptors (Lipinski definition) is 6. The molecule has 0 N–H and O–H groups in total. The number of thiazole rings is 1. The molecule has 7 nitrogen and oxygen atoms in total. The second kappa shape index (κ2) is 6.64. The smallest absolute Gasteiger partial charge is 0.272 e. The van der Waals surface area contributed by atoms with E-state index in [1.54, 1.807) is 27.8 Å². The molecule has 0 radical (unpaired) electrons. The van der Waals surface area contributed by atoms with E-state index in [2.05, 4.69) is 33.9 Å². The van der Waals surface area contributed by atoms with Gasteiger partial charge in [-0.15, -0.1) is 11.3 Å². The Labute approximate surface area is 144 Å². The molecular weight excluding hydrogens is 324 g/mol. The van der Waals surface area contributed by atoms with Crippen LogP contribution in [0.4, 0.5) is 0 Å². The summed E-state index contributed by atoms with van der Waals surface area (Å²) in [6.45, 7) is 6.73. The van der Waals surface area contributed by atoms with Crippen molar-refractivity contribution in [3.05, 3.63) is 39.9 Å². The molecule has 1 amide bonds. The number of hydrogen-bond donors (Lipinski definition) is 0. The Morgan fingerprint density at radius 2 is 2.17 bits per heavy atom. The predicted octanol–water partition coefficient (Wildman–Crippen LogP) is 2.33. The summed E-state index contributed by atoms with van der Waals surface area (Å²) in [5, 5.41) is 4.18. The molecule has 0 unspecified atom stereocenters. The van der Waals surface area contributed by atoms with E-state index in [9.17, 15) is 4.79 Å². The Balaban J connectivity index is 1.81. The Morgan fingerprint density at radius 3 is 2.83 bits per heavy atom. The van der Waals surface area contributed by atoms with Gasteiger partial charge in [-0.05, 0) is 18.9 Å². The highest BCUT2D eigenvalue weighted by molar-refractivity contribution is 7.09. The van der Waals surface area contributed by atoms with E-state index in [4.69, 9.17) is 0 Å². The number of carbonyl (C=O) groups excluding carboxylic acids is 1. The molecule has 0 fully saturated rings. The summed E-state index contributed by atoms with van der Waals surface area (Å²) in [5.74, 6) is 0.565. The van der Waals surface area contributed by atoms with E-state index in [0.717, 1.165) is 17.8 Å². The average Bonchev–Trinajstić information content (AvgIpc) is 3.19. The van der Waals surface area contributed by atoms with Crippen molar-refractivity contribution in [2.24, 2.45) is 0 Å². The van der Waals surface area contributed by atoms with E-state index in [-0.39, 0.29) is 11.8 Å². The highest BCUT2D eigenvalue weighted by Gasteiger charge is 2.18. The lowest BCUT2D eigenvalue weighted by molar-refractivity contribution is 0.0791. The first kappa shape index (κ1) is 16.5. The molecule has 3 aromatic heterocycles. The van der Waals surface area contributed by atoms with Crippen LogP contribution in [-0.2, 0) is 6.42 Å². The lowest BCUT2D eigenvalue weighted by atomic mass is 10.1. The van der Waals surface area contributed by atoms with Crippen LogP contribution in [0.25, 0.3) is 5.78 Å². The topological polar surface area (TPSA) is 76.3 Å². The molecule has 0 spiro atoms. The zero-order valence-electron chi connectivity index (χ0n) is 14.2. The molecule has 24 heavy (non-hydrogen) atoms. The van der Waals surface area contributed by atoms with Crippen molar-refractivity contribution in [2.45, 2.75) is 33.1 Å². The highest BCUT2D eigenvalue weighted by atomic mass is 32.1. The maximum atomic E-state index is 12.7. The Kier molecular flexibility index (Phi) is 4.57. The minimum absolute atomic E-state index is 0.107. The quantitative estimate of drug-likeness (QED) is 0.710. The number of aryl methyl sites for hydroxylation is 1. The van der Waals surface area contributed by atoms with Gasteiger partial charge in [0.25, 0.3) is 11.7 Å². The van der Waals surface area contributed by atoms with Crippen molar-refractivity contribution in [1.82, 2.24) is 29.5 Å². The van der Waals surface area contributed by atoms with Crippen molar-refractivity contribution in [3.63, 3.8) is 0 Å². The maximum absolute atomic E-state index is 12.7. The van der Waals surface area contributed by atoms with Gasteiger partial charge in [-0.3, -0.25) is 4.79 Å². The minimum atomic E-state index is -0.107. The van der Waals surface area contributed by atoms with Crippen LogP contribution in [0.2, 0.25) is 0 Å². The first-order chi connectivity index (χ1) is 11.5. The van der Waals surface area contributed by atoms with Gasteiger partial charge in [-0.25, -0.2) is 14.5 Å². The number of rotatable bonds is 5. The van der Waals surface area contributed by atoms with Crippen LogP contribution in [0.15, 0.2) is 17.9 Å². The van der Waals surface area contributed by atoms with Gasteiger partial charge in [0.1, 0.15) is 12.0 Å². The summed E-state index contributed by atoms with van der Waals surface area (Å²) in [6.07, 6.45) is 2.25. The average molecular weight is 344 g/mol. The maximum Gasteiger partial charge on any atom is 0.272 e. The van der Waals surface area contributed by atoms with E-state index in [0.29, 0.717) is 18.0 Å². The summed E-state index contributed by atoms with van der Waals surface area (Å²) in [5.41, 5.74) is 4.20. The number of likely N-dealkylation sites (N-methyl/N-ethyl adjacent to an activating group) is 1. The Morgan fingerprint density at radius 1 is 1.38 bits per heavy atom. The SMILES string of the molecule is Cc1ncsc1CCN(C)C(=O)c1cc(C(C)C)n2ncnc2n1. The molecule has 3 rings (SSSR count).